The van der Waals surface area contributed by atoms with Crippen molar-refractivity contribution in [3.8, 4) is 0 Å². The van der Waals surface area contributed by atoms with Crippen molar-refractivity contribution in [1.82, 2.24) is 20.9 Å². The Labute approximate surface area is 229 Å². The molecule has 0 saturated carbocycles. The number of likely N-dealkylation sites (tertiary alicyclic amines) is 1. The van der Waals surface area contributed by atoms with E-state index in [1.54, 1.807) is 12.1 Å². The van der Waals surface area contributed by atoms with Gasteiger partial charge in [0.25, 0.3) is 5.91 Å². The van der Waals surface area contributed by atoms with Gasteiger partial charge in [-0.3, -0.25) is 19.2 Å². The van der Waals surface area contributed by atoms with Crippen LogP contribution in [-0.4, -0.2) is 65.5 Å². The van der Waals surface area contributed by atoms with Gasteiger partial charge in [0, 0.05) is 11.9 Å². The topological polar surface area (TPSA) is 138 Å². The number of urea groups is 1. The average molecular weight is 541 g/mol. The molecule has 3 N–H and O–H groups in total. The highest BCUT2D eigenvalue weighted by Crippen LogP contribution is 2.19. The molecule has 0 bridgehead atoms. The molecule has 1 saturated heterocycles. The van der Waals surface area contributed by atoms with Crippen LogP contribution in [0, 0.1) is 11.8 Å². The molecule has 1 aromatic heterocycles. The third-order valence-electron chi connectivity index (χ3n) is 6.73. The van der Waals surface area contributed by atoms with Crippen LogP contribution in [0.5, 0.6) is 0 Å². The van der Waals surface area contributed by atoms with Gasteiger partial charge in [0.15, 0.2) is 17.3 Å². The molecular formula is C29H40N4O6. The van der Waals surface area contributed by atoms with E-state index in [9.17, 15) is 24.0 Å². The Morgan fingerprint density at radius 3 is 2.31 bits per heavy atom. The molecule has 10 heteroatoms. The third kappa shape index (κ3) is 8.40. The molecule has 1 aliphatic heterocycles. The summed E-state index contributed by atoms with van der Waals surface area (Å²) in [7, 11) is 0. The van der Waals surface area contributed by atoms with E-state index in [1.165, 1.54) is 11.8 Å². The number of nitrogens with one attached hydrogen (secondary N) is 3. The highest BCUT2D eigenvalue weighted by atomic mass is 16.3. The van der Waals surface area contributed by atoms with Gasteiger partial charge in [0.1, 0.15) is 11.6 Å². The Kier molecular flexibility index (Phi) is 10.3. The molecule has 2 aromatic rings. The number of fused-ring (bicyclic) bond motifs is 1. The molecule has 0 aliphatic carbocycles. The van der Waals surface area contributed by atoms with Crippen LogP contribution < -0.4 is 16.0 Å². The maximum Gasteiger partial charge on any atom is 0.318 e. The zero-order valence-electron chi connectivity index (χ0n) is 23.4. The normalized spacial score (nSPS) is 17.6. The monoisotopic (exact) mass is 540 g/mol. The third-order valence-corrected chi connectivity index (χ3v) is 6.73. The highest BCUT2D eigenvalue weighted by Gasteiger charge is 2.32. The summed E-state index contributed by atoms with van der Waals surface area (Å²) in [5, 5.41) is 9.08. The first kappa shape index (κ1) is 29.9. The molecule has 2 heterocycles. The predicted octanol–water partition coefficient (Wildman–Crippen LogP) is 3.44. The molecule has 212 valence electrons. The minimum absolute atomic E-state index is 0.0980. The number of hydrogen-bond acceptors (Lipinski definition) is 6. The highest BCUT2D eigenvalue weighted by molar-refractivity contribution is 6.00. The lowest BCUT2D eigenvalue weighted by Crippen LogP contribution is -2.53. The average Bonchev–Trinajstić information content (AvgIpc) is 3.21. The van der Waals surface area contributed by atoms with Gasteiger partial charge in [-0.05, 0) is 56.6 Å². The Balaban J connectivity index is 1.63. The summed E-state index contributed by atoms with van der Waals surface area (Å²) in [6, 6.07) is 6.14. The minimum atomic E-state index is -0.867. The van der Waals surface area contributed by atoms with E-state index in [1.807, 2.05) is 45.9 Å². The van der Waals surface area contributed by atoms with Gasteiger partial charge < -0.3 is 25.3 Å². The summed E-state index contributed by atoms with van der Waals surface area (Å²) in [6.45, 7) is 9.40. The van der Waals surface area contributed by atoms with Gasteiger partial charge in [-0.25, -0.2) is 4.79 Å². The first-order valence-corrected chi connectivity index (χ1v) is 13.6. The lowest BCUT2D eigenvalue weighted by Gasteiger charge is -2.25. The van der Waals surface area contributed by atoms with E-state index in [4.69, 9.17) is 4.42 Å². The van der Waals surface area contributed by atoms with Crippen LogP contribution in [0.25, 0.3) is 11.0 Å². The van der Waals surface area contributed by atoms with E-state index >= 15 is 0 Å². The summed E-state index contributed by atoms with van der Waals surface area (Å²) in [5.74, 6) is -0.986. The van der Waals surface area contributed by atoms with Gasteiger partial charge in [0.05, 0.1) is 18.6 Å². The molecule has 1 aliphatic rings. The maximum absolute atomic E-state index is 13.2. The number of carbonyl (C=O) groups excluding carboxylic acids is 5. The standard InChI is InChI=1S/C29H40N4O6/c1-17(2)13-22(19(5)34)32-29(38)33-12-8-10-21(24(35)16-33)30-27(36)23(14-18(3)4)31-28(37)26-15-20-9-6-7-11-25(20)39-26/h6-7,9,11,15,17-18,21-23H,8,10,12-14,16H2,1-5H3,(H,30,36)(H,31,37)(H,32,38)/t21?,22-,23-/m0/s1. The summed E-state index contributed by atoms with van der Waals surface area (Å²) in [5.41, 5.74) is 0.573. The van der Waals surface area contributed by atoms with Crippen molar-refractivity contribution < 1.29 is 28.4 Å². The van der Waals surface area contributed by atoms with Crippen molar-refractivity contribution in [2.45, 2.75) is 78.4 Å². The van der Waals surface area contributed by atoms with Crippen LogP contribution in [-0.2, 0) is 14.4 Å². The Hall–Kier alpha value is -3.69. The van der Waals surface area contributed by atoms with Crippen molar-refractivity contribution in [2.24, 2.45) is 11.8 Å². The smallest absolute Gasteiger partial charge is 0.318 e. The molecule has 1 aromatic carbocycles. The number of hydrogen-bond donors (Lipinski definition) is 3. The summed E-state index contributed by atoms with van der Waals surface area (Å²) in [4.78, 5) is 65.4. The van der Waals surface area contributed by atoms with Crippen molar-refractivity contribution in [3.05, 3.63) is 36.1 Å². The number of carbonyl (C=O) groups is 5. The number of nitrogens with zero attached hydrogens (tertiary/aromatic N) is 1. The summed E-state index contributed by atoms with van der Waals surface area (Å²) < 4.78 is 5.63. The lowest BCUT2D eigenvalue weighted by atomic mass is 10.0. The molecule has 3 atom stereocenters. The predicted molar refractivity (Wildman–Crippen MR) is 147 cm³/mol. The quantitative estimate of drug-likeness (QED) is 0.422. The zero-order valence-corrected chi connectivity index (χ0v) is 23.4. The number of para-hydroxylation sites is 1. The second kappa shape index (κ2) is 13.4. The van der Waals surface area contributed by atoms with Crippen molar-refractivity contribution in [2.75, 3.05) is 13.1 Å². The van der Waals surface area contributed by atoms with Crippen LogP contribution in [0.3, 0.4) is 0 Å². The second-order valence-electron chi connectivity index (χ2n) is 11.1. The van der Waals surface area contributed by atoms with Crippen LogP contribution in [0.2, 0.25) is 0 Å². The fourth-order valence-electron chi connectivity index (χ4n) is 4.69. The number of benzene rings is 1. The lowest BCUT2D eigenvalue weighted by molar-refractivity contribution is -0.129. The Bertz CT molecular complexity index is 1170. The molecule has 39 heavy (non-hydrogen) atoms. The Morgan fingerprint density at radius 1 is 1.00 bits per heavy atom. The van der Waals surface area contributed by atoms with Gasteiger partial charge in [-0.1, -0.05) is 45.9 Å². The van der Waals surface area contributed by atoms with E-state index in [-0.39, 0.29) is 35.7 Å². The summed E-state index contributed by atoms with van der Waals surface area (Å²) in [6.07, 6.45) is 1.75. The molecule has 0 spiro atoms. The van der Waals surface area contributed by atoms with Gasteiger partial charge in [0.2, 0.25) is 5.91 Å². The molecular weight excluding hydrogens is 500 g/mol. The van der Waals surface area contributed by atoms with E-state index in [2.05, 4.69) is 16.0 Å². The first-order chi connectivity index (χ1) is 18.4. The summed E-state index contributed by atoms with van der Waals surface area (Å²) >= 11 is 0. The minimum Gasteiger partial charge on any atom is -0.451 e. The number of rotatable bonds is 10. The Morgan fingerprint density at radius 2 is 1.67 bits per heavy atom. The molecule has 1 fully saturated rings. The van der Waals surface area contributed by atoms with Crippen LogP contribution in [0.1, 0.15) is 70.9 Å². The fourth-order valence-corrected chi connectivity index (χ4v) is 4.69. The number of amides is 4. The van der Waals surface area contributed by atoms with Gasteiger partial charge in [-0.15, -0.1) is 0 Å². The van der Waals surface area contributed by atoms with Crippen molar-refractivity contribution in [1.29, 1.82) is 0 Å². The van der Waals surface area contributed by atoms with Crippen molar-refractivity contribution >= 4 is 40.4 Å². The number of furan rings is 1. The molecule has 1 unspecified atom stereocenters. The molecule has 4 amide bonds. The molecule has 10 nitrogen and oxygen atoms in total. The molecule has 3 rings (SSSR count). The fraction of sp³-hybridized carbons (Fsp3) is 0.552. The second-order valence-corrected chi connectivity index (χ2v) is 11.1. The van der Waals surface area contributed by atoms with E-state index in [0.717, 1.165) is 5.39 Å². The first-order valence-electron chi connectivity index (χ1n) is 13.6. The van der Waals surface area contributed by atoms with Crippen molar-refractivity contribution in [3.63, 3.8) is 0 Å². The van der Waals surface area contributed by atoms with Gasteiger partial charge >= 0.3 is 6.03 Å². The van der Waals surface area contributed by atoms with Crippen LogP contribution in [0.4, 0.5) is 4.79 Å². The van der Waals surface area contributed by atoms with Gasteiger partial charge in [-0.2, -0.15) is 0 Å². The number of Topliss-reactive ketones (excluding diaryl/α,β-unsaturated/α-hetero) is 2. The van der Waals surface area contributed by atoms with Crippen LogP contribution >= 0.6 is 0 Å². The number of ketones is 2. The molecule has 0 radical (unpaired) electrons. The van der Waals surface area contributed by atoms with E-state index in [0.29, 0.717) is 37.8 Å². The van der Waals surface area contributed by atoms with E-state index < -0.39 is 36.0 Å². The SMILES string of the molecule is CC(=O)[C@H](CC(C)C)NC(=O)N1CCCC(NC(=O)[C@H](CC(C)C)NC(=O)c2cc3ccccc3o2)C(=O)C1. The zero-order chi connectivity index (χ0) is 28.7. The maximum atomic E-state index is 13.2. The van der Waals surface area contributed by atoms with Crippen LogP contribution in [0.15, 0.2) is 34.7 Å². The largest absolute Gasteiger partial charge is 0.451 e.